The second-order valence-corrected chi connectivity index (χ2v) is 9.03. The second kappa shape index (κ2) is 9.65. The third-order valence-electron chi connectivity index (χ3n) is 5.68. The van der Waals surface area contributed by atoms with Crippen molar-refractivity contribution < 1.29 is 24.0 Å². The quantitative estimate of drug-likeness (QED) is 0.279. The molecule has 8 nitrogen and oxygen atoms in total. The first-order valence-electron chi connectivity index (χ1n) is 10.9. The molecule has 1 heterocycles. The molecule has 32 heavy (non-hydrogen) atoms. The largest absolute Gasteiger partial charge is 0.460 e. The molecule has 0 spiro atoms. The fourth-order valence-electron chi connectivity index (χ4n) is 4.38. The van der Waals surface area contributed by atoms with Crippen molar-refractivity contribution in [2.75, 3.05) is 19.8 Å². The maximum atomic E-state index is 13.2. The van der Waals surface area contributed by atoms with Gasteiger partial charge >= 0.3 is 5.97 Å². The second-order valence-electron chi connectivity index (χ2n) is 9.03. The van der Waals surface area contributed by atoms with Crippen LogP contribution in [0.25, 0.3) is 0 Å². The maximum Gasteiger partial charge on any atom is 0.336 e. The van der Waals surface area contributed by atoms with Crippen LogP contribution in [0.4, 0.5) is 5.69 Å². The SMILES string of the molecule is CCCOCCOC(=O)C1=C(C)NC2=C(C(=O)CC(C)(C)C2)C1c1cccc([N+](=O)[O-])c1. The summed E-state index contributed by atoms with van der Waals surface area (Å²) < 4.78 is 10.8. The number of nitro groups is 1. The van der Waals surface area contributed by atoms with Crippen LogP contribution < -0.4 is 5.32 Å². The summed E-state index contributed by atoms with van der Waals surface area (Å²) in [6, 6.07) is 6.11. The molecule has 8 heteroatoms. The van der Waals surface area contributed by atoms with Crippen molar-refractivity contribution in [2.45, 2.75) is 52.9 Å². The monoisotopic (exact) mass is 442 g/mol. The van der Waals surface area contributed by atoms with Crippen LogP contribution in [-0.4, -0.2) is 36.5 Å². The van der Waals surface area contributed by atoms with Gasteiger partial charge in [-0.1, -0.05) is 32.9 Å². The summed E-state index contributed by atoms with van der Waals surface area (Å²) in [7, 11) is 0. The van der Waals surface area contributed by atoms with Gasteiger partial charge in [-0.05, 0) is 30.7 Å². The van der Waals surface area contributed by atoms with Gasteiger partial charge in [0.2, 0.25) is 0 Å². The molecule has 0 amide bonds. The van der Waals surface area contributed by atoms with E-state index in [-0.39, 0.29) is 30.1 Å². The fraction of sp³-hybridized carbons (Fsp3) is 0.500. The van der Waals surface area contributed by atoms with E-state index in [9.17, 15) is 19.7 Å². The highest BCUT2D eigenvalue weighted by Gasteiger charge is 2.43. The van der Waals surface area contributed by atoms with Crippen molar-refractivity contribution in [1.29, 1.82) is 0 Å². The highest BCUT2D eigenvalue weighted by molar-refractivity contribution is 6.04. The lowest BCUT2D eigenvalue weighted by molar-refractivity contribution is -0.384. The van der Waals surface area contributed by atoms with Crippen LogP contribution in [0.15, 0.2) is 46.8 Å². The van der Waals surface area contributed by atoms with Gasteiger partial charge in [0.25, 0.3) is 5.69 Å². The molecule has 1 aliphatic heterocycles. The van der Waals surface area contributed by atoms with Crippen LogP contribution in [-0.2, 0) is 19.1 Å². The molecular formula is C24H30N2O6. The van der Waals surface area contributed by atoms with E-state index in [1.165, 1.54) is 12.1 Å². The van der Waals surface area contributed by atoms with E-state index in [1.807, 2.05) is 20.8 Å². The Morgan fingerprint density at radius 1 is 1.25 bits per heavy atom. The van der Waals surface area contributed by atoms with Crippen molar-refractivity contribution in [2.24, 2.45) is 5.41 Å². The zero-order valence-electron chi connectivity index (χ0n) is 19.0. The van der Waals surface area contributed by atoms with E-state index < -0.39 is 16.8 Å². The molecule has 1 aromatic carbocycles. The summed E-state index contributed by atoms with van der Waals surface area (Å²) in [6.45, 7) is 8.76. The van der Waals surface area contributed by atoms with Crippen molar-refractivity contribution in [1.82, 2.24) is 5.32 Å². The number of rotatable bonds is 8. The summed E-state index contributed by atoms with van der Waals surface area (Å²) in [4.78, 5) is 37.2. The molecule has 0 aromatic heterocycles. The minimum Gasteiger partial charge on any atom is -0.460 e. The van der Waals surface area contributed by atoms with E-state index >= 15 is 0 Å². The maximum absolute atomic E-state index is 13.2. The first kappa shape index (κ1) is 23.7. The van der Waals surface area contributed by atoms with Gasteiger partial charge in [0.1, 0.15) is 6.61 Å². The van der Waals surface area contributed by atoms with Gasteiger partial charge in [0.05, 0.1) is 17.1 Å². The standard InChI is InChI=1S/C24H30N2O6/c1-5-9-31-10-11-32-23(28)20-15(2)25-18-13-24(3,4)14-19(27)22(18)21(20)16-7-6-8-17(12-16)26(29)30/h6-8,12,21,25H,5,9-11,13-14H2,1-4H3. The number of ether oxygens (including phenoxy) is 2. The number of non-ortho nitro benzene ring substituents is 1. The lowest BCUT2D eigenvalue weighted by Crippen LogP contribution is -2.38. The van der Waals surface area contributed by atoms with Crippen LogP contribution >= 0.6 is 0 Å². The van der Waals surface area contributed by atoms with Crippen LogP contribution in [0.5, 0.6) is 0 Å². The molecule has 172 valence electrons. The molecular weight excluding hydrogens is 412 g/mol. The summed E-state index contributed by atoms with van der Waals surface area (Å²) in [5, 5.41) is 14.6. The molecule has 0 radical (unpaired) electrons. The Hall–Kier alpha value is -3.00. The van der Waals surface area contributed by atoms with Crippen molar-refractivity contribution in [3.05, 3.63) is 62.5 Å². The number of dihydropyridines is 1. The van der Waals surface area contributed by atoms with Gasteiger partial charge in [-0.25, -0.2) is 4.79 Å². The predicted molar refractivity (Wildman–Crippen MR) is 119 cm³/mol. The predicted octanol–water partition coefficient (Wildman–Crippen LogP) is 4.17. The zero-order valence-corrected chi connectivity index (χ0v) is 19.0. The fourth-order valence-corrected chi connectivity index (χ4v) is 4.38. The minimum absolute atomic E-state index is 0.0654. The van der Waals surface area contributed by atoms with Crippen LogP contribution in [0.3, 0.4) is 0 Å². The Bertz CT molecular complexity index is 992. The number of nitrogens with zero attached hydrogens (tertiary/aromatic N) is 1. The van der Waals surface area contributed by atoms with Gasteiger partial charge in [0, 0.05) is 48.0 Å². The highest BCUT2D eigenvalue weighted by Crippen LogP contribution is 2.47. The number of Topliss-reactive ketones (excluding diaryl/α,β-unsaturated/α-hetero) is 1. The number of carbonyl (C=O) groups is 2. The molecule has 0 fully saturated rings. The summed E-state index contributed by atoms with van der Waals surface area (Å²) in [5.74, 6) is -1.35. The van der Waals surface area contributed by atoms with Crippen LogP contribution in [0.1, 0.15) is 58.4 Å². The first-order valence-corrected chi connectivity index (χ1v) is 10.9. The third-order valence-corrected chi connectivity index (χ3v) is 5.68. The number of hydrogen-bond donors (Lipinski definition) is 1. The van der Waals surface area contributed by atoms with Crippen molar-refractivity contribution in [3.63, 3.8) is 0 Å². The number of carbonyl (C=O) groups excluding carboxylic acids is 2. The van der Waals surface area contributed by atoms with Crippen LogP contribution in [0.2, 0.25) is 0 Å². The van der Waals surface area contributed by atoms with Gasteiger partial charge < -0.3 is 14.8 Å². The normalized spacial score (nSPS) is 20.0. The van der Waals surface area contributed by atoms with E-state index in [4.69, 9.17) is 9.47 Å². The van der Waals surface area contributed by atoms with Gasteiger partial charge in [-0.3, -0.25) is 14.9 Å². The molecule has 0 saturated carbocycles. The van der Waals surface area contributed by atoms with Gasteiger partial charge in [0.15, 0.2) is 5.78 Å². The van der Waals surface area contributed by atoms with Crippen molar-refractivity contribution >= 4 is 17.4 Å². The molecule has 3 rings (SSSR count). The van der Waals surface area contributed by atoms with E-state index in [0.29, 0.717) is 41.9 Å². The number of nitro benzene ring substituents is 1. The molecule has 0 saturated heterocycles. The third kappa shape index (κ3) is 5.07. The van der Waals surface area contributed by atoms with E-state index in [0.717, 1.165) is 12.1 Å². The lowest BCUT2D eigenvalue weighted by Gasteiger charge is -2.39. The first-order chi connectivity index (χ1) is 15.1. The highest BCUT2D eigenvalue weighted by atomic mass is 16.6. The number of allylic oxidation sites excluding steroid dienone is 3. The van der Waals surface area contributed by atoms with E-state index in [2.05, 4.69) is 5.32 Å². The van der Waals surface area contributed by atoms with E-state index in [1.54, 1.807) is 19.1 Å². The molecule has 0 bridgehead atoms. The lowest BCUT2D eigenvalue weighted by atomic mass is 9.68. The number of esters is 1. The molecule has 1 N–H and O–H groups in total. The van der Waals surface area contributed by atoms with Crippen molar-refractivity contribution in [3.8, 4) is 0 Å². The van der Waals surface area contributed by atoms with Crippen LogP contribution in [0, 0.1) is 15.5 Å². The van der Waals surface area contributed by atoms with Gasteiger partial charge in [-0.2, -0.15) is 0 Å². The minimum atomic E-state index is -0.723. The summed E-state index contributed by atoms with van der Waals surface area (Å²) in [6.07, 6.45) is 1.85. The van der Waals surface area contributed by atoms with Gasteiger partial charge in [-0.15, -0.1) is 0 Å². The smallest absolute Gasteiger partial charge is 0.336 e. The number of ketones is 1. The topological polar surface area (TPSA) is 108 Å². The number of benzene rings is 1. The summed E-state index contributed by atoms with van der Waals surface area (Å²) >= 11 is 0. The Labute approximate surface area is 187 Å². The molecule has 1 atom stereocenters. The Balaban J connectivity index is 2.02. The average Bonchev–Trinajstić information content (AvgIpc) is 2.71. The zero-order chi connectivity index (χ0) is 23.5. The summed E-state index contributed by atoms with van der Waals surface area (Å²) in [5.41, 5.74) is 2.36. The molecule has 1 unspecified atom stereocenters. The molecule has 1 aromatic rings. The molecule has 1 aliphatic carbocycles. The Kier molecular flexibility index (Phi) is 7.13. The molecule has 2 aliphatic rings. The Morgan fingerprint density at radius 3 is 2.69 bits per heavy atom. The number of nitrogens with one attached hydrogen (secondary N) is 1. The average molecular weight is 443 g/mol. The Morgan fingerprint density at radius 2 is 2.00 bits per heavy atom. The number of hydrogen-bond acceptors (Lipinski definition) is 7.